The Morgan fingerprint density at radius 2 is 2.04 bits per heavy atom. The summed E-state index contributed by atoms with van der Waals surface area (Å²) in [6.07, 6.45) is 7.45. The average molecular weight is 367 g/mol. The summed E-state index contributed by atoms with van der Waals surface area (Å²) in [6, 6.07) is 13.9. The smallest absolute Gasteiger partial charge is 0.131 e. The van der Waals surface area contributed by atoms with Crippen LogP contribution in [0.3, 0.4) is 0 Å². The minimum absolute atomic E-state index is 0.613. The van der Waals surface area contributed by atoms with Crippen molar-refractivity contribution in [2.45, 2.75) is 38.3 Å². The van der Waals surface area contributed by atoms with E-state index in [9.17, 15) is 0 Å². The molecule has 0 saturated heterocycles. The van der Waals surface area contributed by atoms with Crippen molar-refractivity contribution in [2.75, 3.05) is 6.54 Å². The van der Waals surface area contributed by atoms with Gasteiger partial charge in [-0.1, -0.05) is 18.2 Å². The average Bonchev–Trinajstić information content (AvgIpc) is 3.59. The number of hydrogen-bond acceptors (Lipinski definition) is 5. The summed E-state index contributed by atoms with van der Waals surface area (Å²) in [5.74, 6) is 1.66. The van der Waals surface area contributed by atoms with E-state index in [2.05, 4.69) is 27.0 Å². The fourth-order valence-corrected chi connectivity index (χ4v) is 3.76. The van der Waals surface area contributed by atoms with Gasteiger partial charge in [0.15, 0.2) is 0 Å². The number of fused-ring (bicyclic) bond motifs is 1. The Balaban J connectivity index is 1.27. The zero-order chi connectivity index (χ0) is 18.9. The molecule has 1 aliphatic carbocycles. The normalized spacial score (nSPS) is 16.4. The van der Waals surface area contributed by atoms with Crippen molar-refractivity contribution in [3.05, 3.63) is 77.0 Å². The van der Waals surface area contributed by atoms with Gasteiger partial charge in [-0.2, -0.15) is 5.26 Å². The summed E-state index contributed by atoms with van der Waals surface area (Å²) in [6.45, 7) is 2.78. The molecule has 138 valence electrons. The fraction of sp³-hybridized carbons (Fsp3) is 0.304. The number of nitriles is 1. The van der Waals surface area contributed by atoms with E-state index in [0.717, 1.165) is 43.1 Å². The molecule has 28 heavy (non-hydrogen) atoms. The Hall–Kier alpha value is -3.10. The molecular weight excluding hydrogens is 346 g/mol. The second kappa shape index (κ2) is 7.14. The third kappa shape index (κ3) is 3.51. The van der Waals surface area contributed by atoms with Gasteiger partial charge in [0.05, 0.1) is 17.3 Å². The fourth-order valence-electron chi connectivity index (χ4n) is 3.76. The molecule has 5 rings (SSSR count). The van der Waals surface area contributed by atoms with Crippen LogP contribution in [-0.2, 0) is 19.5 Å². The van der Waals surface area contributed by atoms with Gasteiger partial charge in [-0.3, -0.25) is 9.88 Å². The Bertz CT molecular complexity index is 1050. The van der Waals surface area contributed by atoms with Gasteiger partial charge in [0.2, 0.25) is 0 Å². The van der Waals surface area contributed by atoms with Crippen LogP contribution in [0.1, 0.15) is 47.0 Å². The summed E-state index contributed by atoms with van der Waals surface area (Å²) in [5, 5.41) is 9.07. The lowest BCUT2D eigenvalue weighted by Crippen LogP contribution is -2.31. The lowest BCUT2D eigenvalue weighted by atomic mass is 10.1. The van der Waals surface area contributed by atoms with Crippen molar-refractivity contribution < 1.29 is 0 Å². The molecule has 0 atom stereocenters. The van der Waals surface area contributed by atoms with Crippen molar-refractivity contribution >= 4 is 0 Å². The third-order valence-electron chi connectivity index (χ3n) is 5.49. The van der Waals surface area contributed by atoms with Crippen LogP contribution in [0.25, 0.3) is 11.3 Å². The summed E-state index contributed by atoms with van der Waals surface area (Å²) in [7, 11) is 0. The highest BCUT2D eigenvalue weighted by Gasteiger charge is 2.28. The molecule has 3 aromatic rings. The standard InChI is InChI=1S/C23H21N5/c24-11-16-2-1-3-19(10-16)21-7-4-17(12-25-21)14-28-9-8-22-20(15-28)13-26-23(27-22)18-5-6-18/h1-4,7,10,12-13,18H,5-6,8-9,14-15H2. The van der Waals surface area contributed by atoms with E-state index in [0.29, 0.717) is 11.5 Å². The molecule has 2 aliphatic rings. The predicted octanol–water partition coefficient (Wildman–Crippen LogP) is 3.85. The quantitative estimate of drug-likeness (QED) is 0.701. The highest BCUT2D eigenvalue weighted by molar-refractivity contribution is 5.61. The molecule has 1 saturated carbocycles. The van der Waals surface area contributed by atoms with Gasteiger partial charge < -0.3 is 0 Å². The molecule has 1 fully saturated rings. The highest BCUT2D eigenvalue weighted by atomic mass is 15.1. The first kappa shape index (κ1) is 17.0. The van der Waals surface area contributed by atoms with Crippen molar-refractivity contribution in [1.29, 1.82) is 5.26 Å². The van der Waals surface area contributed by atoms with E-state index in [1.54, 1.807) is 0 Å². The number of hydrogen-bond donors (Lipinski definition) is 0. The van der Waals surface area contributed by atoms with Crippen molar-refractivity contribution in [2.24, 2.45) is 0 Å². The molecule has 0 radical (unpaired) electrons. The van der Waals surface area contributed by atoms with E-state index in [4.69, 9.17) is 10.2 Å². The Kier molecular flexibility index (Phi) is 4.34. The molecule has 0 amide bonds. The van der Waals surface area contributed by atoms with E-state index < -0.39 is 0 Å². The molecule has 3 heterocycles. The second-order valence-corrected chi connectivity index (χ2v) is 7.68. The van der Waals surface area contributed by atoms with Gasteiger partial charge in [0, 0.05) is 61.2 Å². The van der Waals surface area contributed by atoms with Gasteiger partial charge in [-0.15, -0.1) is 0 Å². The summed E-state index contributed by atoms with van der Waals surface area (Å²) in [4.78, 5) is 16.4. The zero-order valence-corrected chi connectivity index (χ0v) is 15.7. The SMILES string of the molecule is N#Cc1cccc(-c2ccc(CN3CCc4nc(C5CC5)ncc4C3)cn2)c1. The van der Waals surface area contributed by atoms with E-state index in [1.807, 2.05) is 42.7 Å². The lowest BCUT2D eigenvalue weighted by Gasteiger charge is -2.28. The third-order valence-corrected chi connectivity index (χ3v) is 5.49. The Labute approximate surface area is 164 Å². The zero-order valence-electron chi connectivity index (χ0n) is 15.7. The van der Waals surface area contributed by atoms with Crippen LogP contribution < -0.4 is 0 Å². The first-order chi connectivity index (χ1) is 13.8. The monoisotopic (exact) mass is 367 g/mol. The van der Waals surface area contributed by atoms with Gasteiger partial charge in [0.25, 0.3) is 0 Å². The van der Waals surface area contributed by atoms with Gasteiger partial charge >= 0.3 is 0 Å². The topological polar surface area (TPSA) is 65.7 Å². The number of aromatic nitrogens is 3. The summed E-state index contributed by atoms with van der Waals surface area (Å²) >= 11 is 0. The maximum Gasteiger partial charge on any atom is 0.131 e. The minimum Gasteiger partial charge on any atom is -0.294 e. The van der Waals surface area contributed by atoms with E-state index >= 15 is 0 Å². The molecule has 1 aliphatic heterocycles. The predicted molar refractivity (Wildman–Crippen MR) is 106 cm³/mol. The molecule has 2 aromatic heterocycles. The minimum atomic E-state index is 0.613. The number of rotatable bonds is 4. The Morgan fingerprint density at radius 3 is 2.82 bits per heavy atom. The van der Waals surface area contributed by atoms with Crippen LogP contribution in [0.4, 0.5) is 0 Å². The van der Waals surface area contributed by atoms with Crippen molar-refractivity contribution in [3.8, 4) is 17.3 Å². The highest BCUT2D eigenvalue weighted by Crippen LogP contribution is 2.38. The molecule has 0 spiro atoms. The first-order valence-electron chi connectivity index (χ1n) is 9.81. The molecule has 5 nitrogen and oxygen atoms in total. The van der Waals surface area contributed by atoms with Gasteiger partial charge in [-0.25, -0.2) is 9.97 Å². The molecular formula is C23H21N5. The van der Waals surface area contributed by atoms with Crippen molar-refractivity contribution in [1.82, 2.24) is 19.9 Å². The molecule has 0 bridgehead atoms. The summed E-state index contributed by atoms with van der Waals surface area (Å²) < 4.78 is 0. The maximum atomic E-state index is 9.07. The van der Waals surface area contributed by atoms with Crippen LogP contribution in [-0.4, -0.2) is 26.4 Å². The first-order valence-corrected chi connectivity index (χ1v) is 9.81. The van der Waals surface area contributed by atoms with Gasteiger partial charge in [-0.05, 0) is 36.6 Å². The van der Waals surface area contributed by atoms with Crippen molar-refractivity contribution in [3.63, 3.8) is 0 Å². The summed E-state index contributed by atoms with van der Waals surface area (Å²) in [5.41, 5.74) is 6.21. The second-order valence-electron chi connectivity index (χ2n) is 7.68. The van der Waals surface area contributed by atoms with Crippen LogP contribution in [0.15, 0.2) is 48.8 Å². The lowest BCUT2D eigenvalue weighted by molar-refractivity contribution is 0.242. The number of nitrogens with zero attached hydrogens (tertiary/aromatic N) is 5. The van der Waals surface area contributed by atoms with Gasteiger partial charge in [0.1, 0.15) is 5.82 Å². The molecule has 0 unspecified atom stereocenters. The number of pyridine rings is 1. The largest absolute Gasteiger partial charge is 0.294 e. The van der Waals surface area contributed by atoms with E-state index in [-0.39, 0.29) is 0 Å². The maximum absolute atomic E-state index is 9.07. The molecule has 0 N–H and O–H groups in total. The van der Waals surface area contributed by atoms with Crippen LogP contribution in [0, 0.1) is 11.3 Å². The molecule has 1 aromatic carbocycles. The van der Waals surface area contributed by atoms with Crippen LogP contribution >= 0.6 is 0 Å². The van der Waals surface area contributed by atoms with Crippen LogP contribution in [0.5, 0.6) is 0 Å². The van der Waals surface area contributed by atoms with Crippen LogP contribution in [0.2, 0.25) is 0 Å². The van der Waals surface area contributed by atoms with E-state index in [1.165, 1.54) is 29.7 Å². The number of benzene rings is 1. The molecule has 5 heteroatoms. The Morgan fingerprint density at radius 1 is 1.11 bits per heavy atom.